The predicted molar refractivity (Wildman–Crippen MR) is 78.6 cm³/mol. The lowest BCUT2D eigenvalue weighted by Crippen LogP contribution is -2.29. The fraction of sp³-hybridized carbons (Fsp3) is 0.333. The lowest BCUT2D eigenvalue weighted by atomic mass is 9.98. The van der Waals surface area contributed by atoms with Crippen LogP contribution in [0.3, 0.4) is 0 Å². The van der Waals surface area contributed by atoms with E-state index in [2.05, 4.69) is 55.0 Å². The Bertz CT molecular complexity index is 505. The monoisotopic (exact) mass is 260 g/mol. The van der Waals surface area contributed by atoms with E-state index in [1.54, 1.807) is 11.3 Å². The molecule has 1 aromatic carbocycles. The number of hydrogen-bond acceptors (Lipinski definition) is 3. The van der Waals surface area contributed by atoms with Crippen LogP contribution in [0.5, 0.6) is 0 Å². The Morgan fingerprint density at radius 1 is 1.22 bits per heavy atom. The quantitative estimate of drug-likeness (QED) is 0.639. The van der Waals surface area contributed by atoms with Crippen molar-refractivity contribution in [3.05, 3.63) is 57.3 Å². The van der Waals surface area contributed by atoms with Crippen molar-refractivity contribution < 1.29 is 0 Å². The zero-order valence-corrected chi connectivity index (χ0v) is 11.8. The maximum atomic E-state index is 5.74. The van der Waals surface area contributed by atoms with Crippen LogP contribution in [-0.4, -0.2) is 0 Å². The van der Waals surface area contributed by atoms with Crippen LogP contribution >= 0.6 is 11.3 Å². The van der Waals surface area contributed by atoms with Crippen LogP contribution in [0.25, 0.3) is 0 Å². The lowest BCUT2D eigenvalue weighted by Gasteiger charge is -2.17. The second-order valence-electron chi connectivity index (χ2n) is 4.51. The molecule has 0 saturated carbocycles. The molecule has 2 rings (SSSR count). The fourth-order valence-electron chi connectivity index (χ4n) is 2.23. The number of benzene rings is 1. The second-order valence-corrected chi connectivity index (χ2v) is 5.46. The Morgan fingerprint density at radius 2 is 2.00 bits per heavy atom. The van der Waals surface area contributed by atoms with Gasteiger partial charge in [-0.15, -0.1) is 11.3 Å². The van der Waals surface area contributed by atoms with Gasteiger partial charge in [-0.05, 0) is 47.9 Å². The van der Waals surface area contributed by atoms with Gasteiger partial charge < -0.3 is 0 Å². The summed E-state index contributed by atoms with van der Waals surface area (Å²) < 4.78 is 0. The van der Waals surface area contributed by atoms with E-state index in [0.29, 0.717) is 0 Å². The molecule has 1 atom stereocenters. The average Bonchev–Trinajstić information content (AvgIpc) is 2.86. The zero-order chi connectivity index (χ0) is 13.0. The Balaban J connectivity index is 2.23. The van der Waals surface area contributed by atoms with Crippen LogP contribution in [0.4, 0.5) is 0 Å². The molecule has 0 fully saturated rings. The zero-order valence-electron chi connectivity index (χ0n) is 10.9. The molecule has 3 heteroatoms. The van der Waals surface area contributed by atoms with Crippen LogP contribution in [-0.2, 0) is 12.8 Å². The van der Waals surface area contributed by atoms with Crippen LogP contribution in [0.2, 0.25) is 0 Å². The molecule has 96 valence electrons. The second kappa shape index (κ2) is 6.14. The van der Waals surface area contributed by atoms with Crippen molar-refractivity contribution in [2.75, 3.05) is 0 Å². The molecular formula is C15H20N2S. The van der Waals surface area contributed by atoms with Crippen LogP contribution in [0.15, 0.2) is 35.7 Å². The molecule has 18 heavy (non-hydrogen) atoms. The van der Waals surface area contributed by atoms with Gasteiger partial charge in [0.1, 0.15) is 0 Å². The van der Waals surface area contributed by atoms with Gasteiger partial charge >= 0.3 is 0 Å². The number of aryl methyl sites for hydroxylation is 2. The largest absolute Gasteiger partial charge is 0.271 e. The average molecular weight is 260 g/mol. The Labute approximate surface area is 113 Å². The van der Waals surface area contributed by atoms with Crippen molar-refractivity contribution in [3.8, 4) is 0 Å². The molecule has 2 aromatic rings. The van der Waals surface area contributed by atoms with Crippen LogP contribution in [0, 0.1) is 6.92 Å². The summed E-state index contributed by atoms with van der Waals surface area (Å²) in [7, 11) is 0. The Hall–Kier alpha value is -1.16. The van der Waals surface area contributed by atoms with E-state index in [0.717, 1.165) is 12.8 Å². The van der Waals surface area contributed by atoms with E-state index in [1.807, 2.05) is 0 Å². The van der Waals surface area contributed by atoms with Crippen molar-refractivity contribution in [1.29, 1.82) is 0 Å². The van der Waals surface area contributed by atoms with Crippen molar-refractivity contribution in [2.24, 2.45) is 5.84 Å². The molecule has 2 nitrogen and oxygen atoms in total. The maximum Gasteiger partial charge on any atom is 0.0596 e. The third-order valence-electron chi connectivity index (χ3n) is 3.36. The Morgan fingerprint density at radius 3 is 2.67 bits per heavy atom. The molecule has 1 heterocycles. The van der Waals surface area contributed by atoms with Gasteiger partial charge in [-0.1, -0.05) is 31.2 Å². The first-order chi connectivity index (χ1) is 8.76. The minimum atomic E-state index is 0.209. The van der Waals surface area contributed by atoms with Gasteiger partial charge in [0, 0.05) is 4.88 Å². The molecule has 1 unspecified atom stereocenters. The molecule has 0 spiro atoms. The van der Waals surface area contributed by atoms with E-state index >= 15 is 0 Å². The van der Waals surface area contributed by atoms with Gasteiger partial charge in [-0.2, -0.15) is 0 Å². The van der Waals surface area contributed by atoms with Gasteiger partial charge in [0.15, 0.2) is 0 Å². The minimum absolute atomic E-state index is 0.209. The Kier molecular flexibility index (Phi) is 4.53. The van der Waals surface area contributed by atoms with Crippen molar-refractivity contribution in [1.82, 2.24) is 5.43 Å². The first-order valence-corrected chi connectivity index (χ1v) is 7.21. The standard InChI is InChI=1S/C15H20N2S/c1-3-12-8-9-18-15(12)14(17-16)10-13-7-5-4-6-11(13)2/h4-9,14,17H,3,10,16H2,1-2H3. The number of hydrazine groups is 1. The molecule has 0 aliphatic carbocycles. The number of nitrogens with one attached hydrogen (secondary N) is 1. The number of hydrogen-bond donors (Lipinski definition) is 2. The summed E-state index contributed by atoms with van der Waals surface area (Å²) in [5.41, 5.74) is 7.05. The van der Waals surface area contributed by atoms with Gasteiger partial charge in [0.25, 0.3) is 0 Å². The van der Waals surface area contributed by atoms with Crippen molar-refractivity contribution in [3.63, 3.8) is 0 Å². The number of thiophene rings is 1. The highest BCUT2D eigenvalue weighted by atomic mass is 32.1. The van der Waals surface area contributed by atoms with Gasteiger partial charge in [0.05, 0.1) is 6.04 Å². The lowest BCUT2D eigenvalue weighted by molar-refractivity contribution is 0.556. The highest BCUT2D eigenvalue weighted by Crippen LogP contribution is 2.28. The topological polar surface area (TPSA) is 38.0 Å². The molecular weight excluding hydrogens is 240 g/mol. The maximum absolute atomic E-state index is 5.74. The minimum Gasteiger partial charge on any atom is -0.271 e. The molecule has 0 radical (unpaired) electrons. The summed E-state index contributed by atoms with van der Waals surface area (Å²) in [6.45, 7) is 4.34. The van der Waals surface area contributed by atoms with E-state index < -0.39 is 0 Å². The molecule has 3 N–H and O–H groups in total. The summed E-state index contributed by atoms with van der Waals surface area (Å²) in [5, 5.41) is 2.15. The summed E-state index contributed by atoms with van der Waals surface area (Å²) in [6.07, 6.45) is 2.00. The smallest absolute Gasteiger partial charge is 0.0596 e. The van der Waals surface area contributed by atoms with Gasteiger partial charge in [-0.3, -0.25) is 11.3 Å². The SMILES string of the molecule is CCc1ccsc1C(Cc1ccccc1C)NN. The van der Waals surface area contributed by atoms with E-state index in [9.17, 15) is 0 Å². The normalized spacial score (nSPS) is 12.6. The van der Waals surface area contributed by atoms with Gasteiger partial charge in [-0.25, -0.2) is 0 Å². The molecule has 0 aliphatic heterocycles. The van der Waals surface area contributed by atoms with Gasteiger partial charge in [0.2, 0.25) is 0 Å². The first kappa shape index (κ1) is 13.3. The predicted octanol–water partition coefficient (Wildman–Crippen LogP) is 3.37. The highest BCUT2D eigenvalue weighted by Gasteiger charge is 2.16. The molecule has 0 amide bonds. The van der Waals surface area contributed by atoms with Crippen LogP contribution < -0.4 is 11.3 Å². The van der Waals surface area contributed by atoms with E-state index in [1.165, 1.54) is 21.6 Å². The number of nitrogens with two attached hydrogens (primary N) is 1. The molecule has 0 saturated heterocycles. The molecule has 0 aliphatic rings. The molecule has 0 bridgehead atoms. The number of rotatable bonds is 5. The van der Waals surface area contributed by atoms with E-state index in [-0.39, 0.29) is 6.04 Å². The summed E-state index contributed by atoms with van der Waals surface area (Å²) in [4.78, 5) is 1.36. The fourth-order valence-corrected chi connectivity index (χ4v) is 3.29. The summed E-state index contributed by atoms with van der Waals surface area (Å²) >= 11 is 1.79. The van der Waals surface area contributed by atoms with E-state index in [4.69, 9.17) is 5.84 Å². The third kappa shape index (κ3) is 2.80. The van der Waals surface area contributed by atoms with Crippen LogP contribution in [0.1, 0.15) is 34.5 Å². The summed E-state index contributed by atoms with van der Waals surface area (Å²) in [5.74, 6) is 5.74. The summed E-state index contributed by atoms with van der Waals surface area (Å²) in [6, 6.07) is 10.9. The highest BCUT2D eigenvalue weighted by molar-refractivity contribution is 7.10. The molecule has 1 aromatic heterocycles. The first-order valence-electron chi connectivity index (χ1n) is 6.33. The van der Waals surface area contributed by atoms with Crippen molar-refractivity contribution in [2.45, 2.75) is 32.7 Å². The van der Waals surface area contributed by atoms with Crippen molar-refractivity contribution >= 4 is 11.3 Å². The third-order valence-corrected chi connectivity index (χ3v) is 4.44.